The lowest BCUT2D eigenvalue weighted by Crippen LogP contribution is -2.56. The summed E-state index contributed by atoms with van der Waals surface area (Å²) in [5, 5.41) is 31.4. The summed E-state index contributed by atoms with van der Waals surface area (Å²) in [5.41, 5.74) is 0.823. The van der Waals surface area contributed by atoms with Crippen LogP contribution < -0.4 is 10.6 Å². The summed E-state index contributed by atoms with van der Waals surface area (Å²) < 4.78 is 5.25. The van der Waals surface area contributed by atoms with Crippen molar-refractivity contribution in [3.05, 3.63) is 35.9 Å². The first-order valence-electron chi connectivity index (χ1n) is 11.0. The SMILES string of the molecule is O=C(O)CCC(NC(=O)CC(NC(=O)N1CCN(C(=O)OCc2ccccc2)CC1)C(=O)O)C(=O)O. The summed E-state index contributed by atoms with van der Waals surface area (Å²) in [7, 11) is 0. The standard InChI is InChI=1S/C22H28N4O10/c27-17(23-15(19(30)31)6-7-18(28)29)12-16(20(32)33)24-21(34)25-8-10-26(11-9-25)22(35)36-13-14-4-2-1-3-5-14/h1-5,15-16H,6-13H2,(H,23,27)(H,24,34)(H,28,29)(H,30,31)(H,32,33). The fourth-order valence-electron chi connectivity index (χ4n) is 3.31. The lowest BCUT2D eigenvalue weighted by molar-refractivity contribution is -0.143. The van der Waals surface area contributed by atoms with Crippen LogP contribution in [0.25, 0.3) is 0 Å². The monoisotopic (exact) mass is 508 g/mol. The van der Waals surface area contributed by atoms with Gasteiger partial charge in [0, 0.05) is 32.6 Å². The Labute approximate surface area is 205 Å². The maximum absolute atomic E-state index is 12.5. The molecule has 2 unspecified atom stereocenters. The Morgan fingerprint density at radius 3 is 1.97 bits per heavy atom. The number of carbonyl (C=O) groups excluding carboxylic acids is 3. The maximum atomic E-state index is 12.5. The fraction of sp³-hybridized carbons (Fsp3) is 0.455. The van der Waals surface area contributed by atoms with Gasteiger partial charge in [0.15, 0.2) is 0 Å². The molecule has 1 aromatic rings. The molecule has 14 heteroatoms. The average molecular weight is 508 g/mol. The summed E-state index contributed by atoms with van der Waals surface area (Å²) in [6.45, 7) is 0.607. The molecular weight excluding hydrogens is 480 g/mol. The highest BCUT2D eigenvalue weighted by Crippen LogP contribution is 2.08. The molecule has 0 spiro atoms. The maximum Gasteiger partial charge on any atom is 0.410 e. The number of aliphatic carboxylic acids is 3. The van der Waals surface area contributed by atoms with Gasteiger partial charge in [0.2, 0.25) is 5.91 Å². The predicted molar refractivity (Wildman–Crippen MR) is 121 cm³/mol. The number of carboxylic acid groups (broad SMARTS) is 3. The van der Waals surface area contributed by atoms with Gasteiger partial charge in [-0.2, -0.15) is 0 Å². The van der Waals surface area contributed by atoms with Gasteiger partial charge < -0.3 is 40.5 Å². The molecule has 14 nitrogen and oxygen atoms in total. The van der Waals surface area contributed by atoms with Gasteiger partial charge in [-0.1, -0.05) is 30.3 Å². The summed E-state index contributed by atoms with van der Waals surface area (Å²) in [5.74, 6) is -5.22. The Morgan fingerprint density at radius 2 is 1.42 bits per heavy atom. The smallest absolute Gasteiger partial charge is 0.410 e. The topological polar surface area (TPSA) is 203 Å². The van der Waals surface area contributed by atoms with Crippen molar-refractivity contribution < 1.29 is 48.8 Å². The Morgan fingerprint density at radius 1 is 0.833 bits per heavy atom. The molecule has 2 atom stereocenters. The van der Waals surface area contributed by atoms with Gasteiger partial charge in [-0.3, -0.25) is 9.59 Å². The third-order valence-electron chi connectivity index (χ3n) is 5.30. The fourth-order valence-corrected chi connectivity index (χ4v) is 3.31. The summed E-state index contributed by atoms with van der Waals surface area (Å²) >= 11 is 0. The number of piperazine rings is 1. The van der Waals surface area contributed by atoms with E-state index in [9.17, 15) is 33.9 Å². The molecule has 0 bridgehead atoms. The van der Waals surface area contributed by atoms with Gasteiger partial charge >= 0.3 is 30.0 Å². The molecule has 1 aromatic carbocycles. The zero-order valence-electron chi connectivity index (χ0n) is 19.3. The van der Waals surface area contributed by atoms with Crippen molar-refractivity contribution in [2.75, 3.05) is 26.2 Å². The molecule has 2 rings (SSSR count). The summed E-state index contributed by atoms with van der Waals surface area (Å²) in [6, 6.07) is 5.16. The molecule has 1 aliphatic rings. The van der Waals surface area contributed by atoms with Gasteiger partial charge in [-0.15, -0.1) is 0 Å². The van der Waals surface area contributed by atoms with E-state index in [2.05, 4.69) is 10.6 Å². The number of nitrogens with one attached hydrogen (secondary N) is 2. The highest BCUT2D eigenvalue weighted by atomic mass is 16.6. The minimum absolute atomic E-state index is 0.0983. The Bertz CT molecular complexity index is 963. The van der Waals surface area contributed by atoms with E-state index in [0.29, 0.717) is 0 Å². The van der Waals surface area contributed by atoms with Gasteiger partial charge in [0.25, 0.3) is 0 Å². The van der Waals surface area contributed by atoms with Crippen LogP contribution in [0.2, 0.25) is 0 Å². The highest BCUT2D eigenvalue weighted by molar-refractivity contribution is 5.90. The molecule has 0 aliphatic carbocycles. The third kappa shape index (κ3) is 9.12. The normalized spacial score (nSPS) is 14.8. The first-order chi connectivity index (χ1) is 17.1. The van der Waals surface area contributed by atoms with Gasteiger partial charge in [-0.05, 0) is 12.0 Å². The Kier molecular flexibility index (Phi) is 10.5. The molecule has 4 amide bonds. The number of ether oxygens (including phenoxy) is 1. The molecule has 1 saturated heterocycles. The summed E-state index contributed by atoms with van der Waals surface area (Å²) in [4.78, 5) is 73.0. The Balaban J connectivity index is 1.82. The van der Waals surface area contributed by atoms with Crippen molar-refractivity contribution in [1.29, 1.82) is 0 Å². The van der Waals surface area contributed by atoms with Crippen molar-refractivity contribution in [2.45, 2.75) is 38.0 Å². The molecule has 36 heavy (non-hydrogen) atoms. The number of hydrogen-bond donors (Lipinski definition) is 5. The van der Waals surface area contributed by atoms with Gasteiger partial charge in [-0.25, -0.2) is 19.2 Å². The second-order valence-electron chi connectivity index (χ2n) is 7.95. The largest absolute Gasteiger partial charge is 0.481 e. The summed E-state index contributed by atoms with van der Waals surface area (Å²) in [6.07, 6.45) is -2.21. The van der Waals surface area contributed by atoms with Crippen LogP contribution in [-0.4, -0.2) is 99.3 Å². The van der Waals surface area contributed by atoms with E-state index < -0.39 is 67.3 Å². The second-order valence-corrected chi connectivity index (χ2v) is 7.95. The van der Waals surface area contributed by atoms with Gasteiger partial charge in [0.1, 0.15) is 18.7 Å². The number of amides is 4. The zero-order chi connectivity index (χ0) is 26.7. The zero-order valence-corrected chi connectivity index (χ0v) is 19.3. The van der Waals surface area contributed by atoms with E-state index in [-0.39, 0.29) is 32.8 Å². The van der Waals surface area contributed by atoms with Crippen LogP contribution in [0.15, 0.2) is 30.3 Å². The average Bonchev–Trinajstić information content (AvgIpc) is 2.85. The molecule has 1 aliphatic heterocycles. The predicted octanol–water partition coefficient (Wildman–Crippen LogP) is -0.0721. The van der Waals surface area contributed by atoms with Crippen molar-refractivity contribution >= 4 is 35.9 Å². The number of urea groups is 1. The minimum atomic E-state index is -1.65. The van der Waals surface area contributed by atoms with Crippen LogP contribution in [-0.2, 0) is 30.5 Å². The first kappa shape index (κ1) is 27.9. The van der Waals surface area contributed by atoms with E-state index in [0.717, 1.165) is 5.56 Å². The van der Waals surface area contributed by atoms with Crippen LogP contribution in [0.4, 0.5) is 9.59 Å². The van der Waals surface area contributed by atoms with Crippen LogP contribution in [0.1, 0.15) is 24.8 Å². The number of rotatable bonds is 11. The molecule has 0 aromatic heterocycles. The second kappa shape index (κ2) is 13.5. The van der Waals surface area contributed by atoms with Crippen LogP contribution in [0.3, 0.4) is 0 Å². The van der Waals surface area contributed by atoms with E-state index >= 15 is 0 Å². The third-order valence-corrected chi connectivity index (χ3v) is 5.30. The van der Waals surface area contributed by atoms with Crippen molar-refractivity contribution in [2.24, 2.45) is 0 Å². The lowest BCUT2D eigenvalue weighted by atomic mass is 10.1. The molecule has 196 valence electrons. The number of nitrogens with zero attached hydrogens (tertiary/aromatic N) is 2. The number of carbonyl (C=O) groups is 6. The van der Waals surface area contributed by atoms with Gasteiger partial charge in [0.05, 0.1) is 6.42 Å². The van der Waals surface area contributed by atoms with Crippen LogP contribution >= 0.6 is 0 Å². The molecule has 1 heterocycles. The lowest BCUT2D eigenvalue weighted by Gasteiger charge is -2.34. The molecule has 0 radical (unpaired) electrons. The van der Waals surface area contributed by atoms with E-state index in [1.807, 2.05) is 30.3 Å². The van der Waals surface area contributed by atoms with E-state index in [1.54, 1.807) is 0 Å². The van der Waals surface area contributed by atoms with E-state index in [4.69, 9.17) is 14.9 Å². The van der Waals surface area contributed by atoms with Crippen LogP contribution in [0.5, 0.6) is 0 Å². The Hall–Kier alpha value is -4.36. The number of carboxylic acids is 3. The number of benzene rings is 1. The molecule has 0 saturated carbocycles. The van der Waals surface area contributed by atoms with Crippen molar-refractivity contribution in [3.63, 3.8) is 0 Å². The minimum Gasteiger partial charge on any atom is -0.481 e. The van der Waals surface area contributed by atoms with E-state index in [1.165, 1.54) is 9.80 Å². The van der Waals surface area contributed by atoms with Crippen LogP contribution in [0, 0.1) is 0 Å². The molecule has 1 fully saturated rings. The molecular formula is C22H28N4O10. The van der Waals surface area contributed by atoms with Crippen molar-refractivity contribution in [1.82, 2.24) is 20.4 Å². The van der Waals surface area contributed by atoms with Crippen molar-refractivity contribution in [3.8, 4) is 0 Å². The number of hydrogen-bond acceptors (Lipinski definition) is 7. The first-order valence-corrected chi connectivity index (χ1v) is 11.0. The molecule has 5 N–H and O–H groups in total. The highest BCUT2D eigenvalue weighted by Gasteiger charge is 2.30. The quantitative estimate of drug-likeness (QED) is 0.269.